The number of fused-ring (bicyclic) bond motifs is 1. The van der Waals surface area contributed by atoms with E-state index in [0.29, 0.717) is 37.5 Å². The van der Waals surface area contributed by atoms with E-state index in [9.17, 15) is 22.8 Å². The van der Waals surface area contributed by atoms with Crippen LogP contribution in [0.1, 0.15) is 50.6 Å². The molecular weight excluding hydrogens is 503 g/mol. The third kappa shape index (κ3) is 5.59. The van der Waals surface area contributed by atoms with Crippen LogP contribution in [0.15, 0.2) is 40.2 Å². The Hall–Kier alpha value is -3.28. The summed E-state index contributed by atoms with van der Waals surface area (Å²) in [5.74, 6) is -0.685. The van der Waals surface area contributed by atoms with Crippen LogP contribution in [0.25, 0.3) is 11.2 Å². The number of aromatic nitrogens is 3. The van der Waals surface area contributed by atoms with Crippen LogP contribution in [0.5, 0.6) is 0 Å². The molecule has 0 radical (unpaired) electrons. The Labute approximate surface area is 217 Å². The highest BCUT2D eigenvalue weighted by Gasteiger charge is 2.37. The van der Waals surface area contributed by atoms with Crippen molar-refractivity contribution < 1.29 is 27.4 Å². The summed E-state index contributed by atoms with van der Waals surface area (Å²) in [5.41, 5.74) is 8.42. The first-order chi connectivity index (χ1) is 18.1. The van der Waals surface area contributed by atoms with E-state index < -0.39 is 12.3 Å². The van der Waals surface area contributed by atoms with Crippen molar-refractivity contribution >= 4 is 17.1 Å². The maximum absolute atomic E-state index is 13.2. The molecule has 0 spiro atoms. The predicted octanol–water partition coefficient (Wildman–Crippen LogP) is 3.53. The Bertz CT molecular complexity index is 1310. The van der Waals surface area contributed by atoms with Crippen molar-refractivity contribution in [3.05, 3.63) is 51.4 Å². The Morgan fingerprint density at radius 3 is 2.63 bits per heavy atom. The molecule has 2 aromatic heterocycles. The van der Waals surface area contributed by atoms with E-state index in [2.05, 4.69) is 14.7 Å². The van der Waals surface area contributed by atoms with Crippen LogP contribution in [-0.2, 0) is 20.7 Å². The number of halogens is 3. The summed E-state index contributed by atoms with van der Waals surface area (Å²) in [4.78, 5) is 35.1. The largest absolute Gasteiger partial charge is 0.572 e. The number of nitrogens with one attached hydrogen (secondary N) is 1. The number of rotatable bonds is 5. The molecule has 3 aliphatic rings. The molecule has 12 heteroatoms. The smallest absolute Gasteiger partial charge is 0.410 e. The summed E-state index contributed by atoms with van der Waals surface area (Å²) in [6.07, 6.45) is 2.19. The van der Waals surface area contributed by atoms with Gasteiger partial charge in [0.15, 0.2) is 5.65 Å². The zero-order valence-electron chi connectivity index (χ0n) is 21.2. The van der Waals surface area contributed by atoms with Gasteiger partial charge in [-0.25, -0.2) is 9.78 Å². The van der Waals surface area contributed by atoms with Crippen LogP contribution >= 0.6 is 0 Å². The Kier molecular flexibility index (Phi) is 7.26. The van der Waals surface area contributed by atoms with Gasteiger partial charge in [-0.1, -0.05) is 6.92 Å². The number of alkyl halides is 3. The number of carbonyl (C=O) groups excluding carboxylic acids is 1. The number of nitrogens with zero attached hydrogens (tertiary/aromatic N) is 3. The molecule has 2 aliphatic heterocycles. The van der Waals surface area contributed by atoms with Gasteiger partial charge in [0, 0.05) is 55.7 Å². The summed E-state index contributed by atoms with van der Waals surface area (Å²) in [7, 11) is 0. The van der Waals surface area contributed by atoms with Crippen molar-refractivity contribution in [1.29, 1.82) is 0 Å². The molecule has 1 aliphatic carbocycles. The maximum Gasteiger partial charge on any atom is 0.572 e. The summed E-state index contributed by atoms with van der Waals surface area (Å²) >= 11 is 0. The molecule has 2 saturated heterocycles. The van der Waals surface area contributed by atoms with Gasteiger partial charge in [0.1, 0.15) is 5.76 Å². The Morgan fingerprint density at radius 2 is 1.95 bits per heavy atom. The van der Waals surface area contributed by atoms with E-state index in [-0.39, 0.29) is 41.1 Å². The molecule has 2 fully saturated rings. The number of likely N-dealkylation sites (tertiary alicyclic amines) is 1. The molecule has 1 unspecified atom stereocenters. The zero-order valence-corrected chi connectivity index (χ0v) is 21.2. The Morgan fingerprint density at radius 1 is 1.24 bits per heavy atom. The predicted molar refractivity (Wildman–Crippen MR) is 133 cm³/mol. The number of ether oxygens (including phenoxy) is 2. The highest BCUT2D eigenvalue weighted by atomic mass is 19.4. The number of amides is 1. The number of piperidine rings is 1. The van der Waals surface area contributed by atoms with Gasteiger partial charge in [0.25, 0.3) is 5.91 Å². The second-order valence-electron chi connectivity index (χ2n) is 10.4. The summed E-state index contributed by atoms with van der Waals surface area (Å²) in [5, 5.41) is 0. The third-order valence-corrected chi connectivity index (χ3v) is 7.74. The van der Waals surface area contributed by atoms with Crippen LogP contribution in [-0.4, -0.2) is 58.0 Å². The topological polar surface area (TPSA) is 115 Å². The van der Waals surface area contributed by atoms with Gasteiger partial charge < -0.3 is 20.1 Å². The van der Waals surface area contributed by atoms with Crippen LogP contribution < -0.4 is 11.4 Å². The number of hydrogen-bond acceptors (Lipinski definition) is 6. The number of H-pyrrole nitrogens is 1. The van der Waals surface area contributed by atoms with E-state index in [4.69, 9.17) is 10.5 Å². The number of allylic oxidation sites excluding steroid dienone is 2. The molecule has 38 heavy (non-hydrogen) atoms. The lowest BCUT2D eigenvalue weighted by atomic mass is 9.90. The standard InChI is InChI=1S/C26H32F3N5O4/c1-15-10-19(20(30)13-22(15)38-26(27,28)29)24(35)33-6-2-18(3-7-33)34-21-12-17(11-16-4-8-37-9-5-16)14-31-23(21)32-25(34)36/h12-16,18H,2-11,30H2,1H3,(H,31,32,36). The summed E-state index contributed by atoms with van der Waals surface area (Å²) in [6, 6.07) is 1.93. The van der Waals surface area contributed by atoms with Crippen LogP contribution in [0.2, 0.25) is 0 Å². The van der Waals surface area contributed by atoms with Crippen molar-refractivity contribution in [2.75, 3.05) is 26.3 Å². The number of pyridine rings is 1. The van der Waals surface area contributed by atoms with Crippen molar-refractivity contribution in [1.82, 2.24) is 19.4 Å². The molecule has 1 atom stereocenters. The molecule has 1 amide bonds. The minimum absolute atomic E-state index is 0.00884. The SMILES string of the molecule is CC1CC(C(=O)N2CCC(n3c(=O)[nH]c4ncc(CC5CCOCC5)cc43)CC2)=C(N)C=C1OC(F)(F)F. The van der Waals surface area contributed by atoms with Gasteiger partial charge >= 0.3 is 12.1 Å². The van der Waals surface area contributed by atoms with Crippen molar-refractivity contribution in [3.8, 4) is 0 Å². The van der Waals surface area contributed by atoms with Gasteiger partial charge in [-0.3, -0.25) is 14.3 Å². The number of aromatic amines is 1. The molecular formula is C26H32F3N5O4. The molecule has 0 aromatic carbocycles. The first kappa shape index (κ1) is 26.3. The molecule has 0 bridgehead atoms. The van der Waals surface area contributed by atoms with Crippen molar-refractivity contribution in [3.63, 3.8) is 0 Å². The minimum atomic E-state index is -4.81. The fraction of sp³-hybridized carbons (Fsp3) is 0.577. The molecule has 4 heterocycles. The molecule has 0 saturated carbocycles. The van der Waals surface area contributed by atoms with Crippen molar-refractivity contribution in [2.45, 2.75) is 57.9 Å². The van der Waals surface area contributed by atoms with E-state index in [1.165, 1.54) is 0 Å². The third-order valence-electron chi connectivity index (χ3n) is 7.74. The van der Waals surface area contributed by atoms with Gasteiger partial charge in [-0.05, 0) is 62.1 Å². The minimum Gasteiger partial charge on any atom is -0.410 e. The summed E-state index contributed by atoms with van der Waals surface area (Å²) < 4.78 is 49.3. The maximum atomic E-state index is 13.2. The molecule has 3 N–H and O–H groups in total. The lowest BCUT2D eigenvalue weighted by Gasteiger charge is -2.34. The Balaban J connectivity index is 1.28. The normalized spacial score (nSPS) is 22.2. The van der Waals surface area contributed by atoms with Crippen LogP contribution in [0, 0.1) is 11.8 Å². The monoisotopic (exact) mass is 535 g/mol. The number of carbonyl (C=O) groups is 1. The van der Waals surface area contributed by atoms with Crippen molar-refractivity contribution in [2.24, 2.45) is 17.6 Å². The second kappa shape index (κ2) is 10.5. The highest BCUT2D eigenvalue weighted by Crippen LogP contribution is 2.34. The fourth-order valence-corrected chi connectivity index (χ4v) is 5.70. The van der Waals surface area contributed by atoms with Crippen LogP contribution in [0.4, 0.5) is 13.2 Å². The zero-order chi connectivity index (χ0) is 27.0. The number of nitrogens with two attached hydrogens (primary N) is 1. The average Bonchev–Trinajstić information content (AvgIpc) is 3.20. The van der Waals surface area contributed by atoms with Gasteiger partial charge in [-0.15, -0.1) is 13.2 Å². The van der Waals surface area contributed by atoms with Gasteiger partial charge in [0.2, 0.25) is 0 Å². The van der Waals surface area contributed by atoms with E-state index in [1.807, 2.05) is 12.3 Å². The molecule has 5 rings (SSSR count). The van der Waals surface area contributed by atoms with Gasteiger partial charge in [-0.2, -0.15) is 0 Å². The second-order valence-corrected chi connectivity index (χ2v) is 10.4. The molecule has 2 aromatic rings. The first-order valence-electron chi connectivity index (χ1n) is 13.0. The summed E-state index contributed by atoms with van der Waals surface area (Å²) in [6.45, 7) is 3.91. The van der Waals surface area contributed by atoms with E-state index in [0.717, 1.165) is 49.6 Å². The lowest BCUT2D eigenvalue weighted by molar-refractivity contribution is -0.308. The highest BCUT2D eigenvalue weighted by molar-refractivity contribution is 5.95. The fourth-order valence-electron chi connectivity index (χ4n) is 5.70. The van der Waals surface area contributed by atoms with E-state index in [1.54, 1.807) is 16.4 Å². The average molecular weight is 536 g/mol. The molecule has 9 nitrogen and oxygen atoms in total. The van der Waals surface area contributed by atoms with Gasteiger partial charge in [0.05, 0.1) is 5.52 Å². The number of imidazole rings is 1. The first-order valence-corrected chi connectivity index (χ1v) is 13.0. The van der Waals surface area contributed by atoms with Crippen LogP contribution in [0.3, 0.4) is 0 Å². The number of hydrogen-bond donors (Lipinski definition) is 2. The quantitative estimate of drug-likeness (QED) is 0.605. The molecule has 206 valence electrons. The lowest BCUT2D eigenvalue weighted by Crippen LogP contribution is -2.42. The van der Waals surface area contributed by atoms with E-state index >= 15 is 0 Å².